The molecule has 0 radical (unpaired) electrons. The van der Waals surface area contributed by atoms with Crippen LogP contribution in [-0.4, -0.2) is 19.1 Å². The number of oxime groups is 1. The Hall–Kier alpha value is -2.62. The molecule has 0 aromatic heterocycles. The van der Waals surface area contributed by atoms with Gasteiger partial charge in [0.2, 0.25) is 0 Å². The van der Waals surface area contributed by atoms with Crippen molar-refractivity contribution in [2.24, 2.45) is 31.8 Å². The van der Waals surface area contributed by atoms with E-state index in [1.54, 1.807) is 0 Å². The molecule has 0 saturated heterocycles. The van der Waals surface area contributed by atoms with Gasteiger partial charge in [-0.2, -0.15) is 0 Å². The molecule has 2 heterocycles. The van der Waals surface area contributed by atoms with E-state index < -0.39 is 0 Å². The molecule has 172 valence electrons. The number of hydrogen-bond acceptors (Lipinski definition) is 4. The Labute approximate surface area is 194 Å². The number of nitrogens with zero attached hydrogens (tertiary/aromatic N) is 2. The summed E-state index contributed by atoms with van der Waals surface area (Å²) in [6, 6.07) is 8.63. The first-order chi connectivity index (χ1) is 15.0. The van der Waals surface area contributed by atoms with Crippen LogP contribution in [0.5, 0.6) is 0 Å². The lowest BCUT2D eigenvalue weighted by Gasteiger charge is -2.39. The van der Waals surface area contributed by atoms with E-state index in [0.29, 0.717) is 6.67 Å². The summed E-state index contributed by atoms with van der Waals surface area (Å²) in [6.07, 6.45) is 16.6. The Bertz CT molecular complexity index is 933. The predicted octanol–water partition coefficient (Wildman–Crippen LogP) is 6.76. The fourth-order valence-corrected chi connectivity index (χ4v) is 4.04. The predicted molar refractivity (Wildman–Crippen MR) is 137 cm³/mol. The van der Waals surface area contributed by atoms with Gasteiger partial charge in [-0.05, 0) is 41.5 Å². The largest absolute Gasteiger partial charge is 0.373 e. The summed E-state index contributed by atoms with van der Waals surface area (Å²) in [4.78, 5) is 10.3. The monoisotopic (exact) mass is 433 g/mol. The number of aliphatic imine (C=N–C) groups is 1. The van der Waals surface area contributed by atoms with Crippen molar-refractivity contribution in [3.8, 4) is 0 Å². The molecule has 1 aromatic rings. The van der Waals surface area contributed by atoms with Crippen LogP contribution in [0.4, 0.5) is 0 Å². The van der Waals surface area contributed by atoms with Crippen LogP contribution in [0.2, 0.25) is 0 Å². The van der Waals surface area contributed by atoms with E-state index in [1.807, 2.05) is 18.5 Å². The topological polar surface area (TPSA) is 46.0 Å². The van der Waals surface area contributed by atoms with Crippen LogP contribution < -0.4 is 5.32 Å². The average molecular weight is 434 g/mol. The molecule has 1 N–H and O–H groups in total. The van der Waals surface area contributed by atoms with Gasteiger partial charge >= 0.3 is 0 Å². The van der Waals surface area contributed by atoms with E-state index in [4.69, 9.17) is 4.84 Å². The average Bonchev–Trinajstić information content (AvgIpc) is 2.97. The van der Waals surface area contributed by atoms with Crippen LogP contribution in [0.1, 0.15) is 66.0 Å². The molecule has 4 nitrogen and oxygen atoms in total. The second-order valence-corrected chi connectivity index (χ2v) is 10.8. The number of hydrogen-bond donors (Lipinski definition) is 1. The van der Waals surface area contributed by atoms with Gasteiger partial charge in [-0.25, -0.2) is 0 Å². The fourth-order valence-electron chi connectivity index (χ4n) is 4.04. The highest BCUT2D eigenvalue weighted by molar-refractivity contribution is 5.72. The maximum absolute atomic E-state index is 5.82. The maximum atomic E-state index is 5.82. The lowest BCUT2D eigenvalue weighted by Crippen LogP contribution is -2.36. The highest BCUT2D eigenvalue weighted by Gasteiger charge is 2.38. The number of nitrogens with one attached hydrogen (secondary N) is 1. The Morgan fingerprint density at radius 2 is 1.66 bits per heavy atom. The molecule has 3 rings (SSSR count). The lowest BCUT2D eigenvalue weighted by molar-refractivity contribution is 0.205. The lowest BCUT2D eigenvalue weighted by atomic mass is 9.64. The van der Waals surface area contributed by atoms with E-state index in [9.17, 15) is 0 Å². The molecule has 1 aromatic carbocycles. The Morgan fingerprint density at radius 3 is 2.34 bits per heavy atom. The maximum Gasteiger partial charge on any atom is 0.165 e. The normalized spacial score (nSPS) is 28.5. The number of allylic oxidation sites excluding steroid dienone is 4. The summed E-state index contributed by atoms with van der Waals surface area (Å²) in [7, 11) is 0. The van der Waals surface area contributed by atoms with Gasteiger partial charge in [-0.3, -0.25) is 4.99 Å². The van der Waals surface area contributed by atoms with E-state index >= 15 is 0 Å². The molecule has 2 unspecified atom stereocenters. The Balaban J connectivity index is 1.77. The minimum Gasteiger partial charge on any atom is -0.373 e. The summed E-state index contributed by atoms with van der Waals surface area (Å²) in [5.74, 6) is 0.761. The van der Waals surface area contributed by atoms with Crippen molar-refractivity contribution in [3.63, 3.8) is 0 Å². The van der Waals surface area contributed by atoms with E-state index in [-0.39, 0.29) is 21.7 Å². The highest BCUT2D eigenvalue weighted by atomic mass is 16.6. The van der Waals surface area contributed by atoms with Crippen LogP contribution in [-0.2, 0) is 11.3 Å². The van der Waals surface area contributed by atoms with Gasteiger partial charge in [0.25, 0.3) is 0 Å². The van der Waals surface area contributed by atoms with Crippen molar-refractivity contribution >= 4 is 18.2 Å². The summed E-state index contributed by atoms with van der Waals surface area (Å²) in [5, 5.41) is 7.54. The fraction of sp³-hybridized carbons (Fsp3) is 0.500. The molecule has 4 heteroatoms. The first kappa shape index (κ1) is 24.0. The van der Waals surface area contributed by atoms with Crippen molar-refractivity contribution in [2.75, 3.05) is 6.67 Å². The standard InChI is InChI=1S/C28H39N3O/c1-8-25(2,3)27(6)15-9-10-24(32-31-20-27)23-13-11-22(12-14-23)18-26(4,5)28(7)16-17-29-21-30-19-28/h9-17,19-20,29H,8,18,21H2,1-7H3/b15-9-,24-10-,31-20?. The van der Waals surface area contributed by atoms with Gasteiger partial charge in [-0.15, -0.1) is 0 Å². The zero-order valence-electron chi connectivity index (χ0n) is 20.8. The molecule has 2 atom stereocenters. The minimum absolute atomic E-state index is 0.0140. The molecule has 2 aliphatic heterocycles. The SMILES string of the molecule is CCC(C)(C)C1(C)C=NO/C(c2ccc(CC(C)(C)C3(C)C=CNCN=C3)cc2)=C\C=C/1. The number of rotatable bonds is 6. The van der Waals surface area contributed by atoms with Crippen molar-refractivity contribution in [1.29, 1.82) is 0 Å². The molecule has 0 bridgehead atoms. The van der Waals surface area contributed by atoms with E-state index in [2.05, 4.69) is 113 Å². The Morgan fingerprint density at radius 1 is 0.969 bits per heavy atom. The van der Waals surface area contributed by atoms with Crippen molar-refractivity contribution in [3.05, 3.63) is 65.9 Å². The first-order valence-corrected chi connectivity index (χ1v) is 11.6. The smallest absolute Gasteiger partial charge is 0.165 e. The summed E-state index contributed by atoms with van der Waals surface area (Å²) >= 11 is 0. The molecule has 2 aliphatic rings. The van der Waals surface area contributed by atoms with E-state index in [1.165, 1.54) is 5.56 Å². The van der Waals surface area contributed by atoms with Crippen LogP contribution in [0.3, 0.4) is 0 Å². The van der Waals surface area contributed by atoms with Gasteiger partial charge in [0.05, 0.1) is 6.21 Å². The summed E-state index contributed by atoms with van der Waals surface area (Å²) in [5.41, 5.74) is 2.17. The molecule has 0 saturated carbocycles. The van der Waals surface area contributed by atoms with Crippen LogP contribution in [0, 0.1) is 21.7 Å². The second-order valence-electron chi connectivity index (χ2n) is 10.8. The zero-order valence-corrected chi connectivity index (χ0v) is 20.8. The van der Waals surface area contributed by atoms with Gasteiger partial charge in [-0.1, -0.05) is 96.1 Å². The summed E-state index contributed by atoms with van der Waals surface area (Å²) in [6.45, 7) is 16.5. The van der Waals surface area contributed by atoms with Gasteiger partial charge < -0.3 is 10.2 Å². The third-order valence-electron chi connectivity index (χ3n) is 7.94. The molecule has 0 fully saturated rings. The molecular weight excluding hydrogens is 394 g/mol. The molecular formula is C28H39N3O. The van der Waals surface area contributed by atoms with Gasteiger partial charge in [0, 0.05) is 22.6 Å². The van der Waals surface area contributed by atoms with Crippen LogP contribution >= 0.6 is 0 Å². The van der Waals surface area contributed by atoms with Crippen molar-refractivity contribution in [1.82, 2.24) is 5.32 Å². The van der Waals surface area contributed by atoms with Crippen molar-refractivity contribution in [2.45, 2.75) is 61.3 Å². The third kappa shape index (κ3) is 4.90. The quantitative estimate of drug-likeness (QED) is 0.538. The minimum atomic E-state index is -0.152. The number of benzene rings is 1. The molecule has 32 heavy (non-hydrogen) atoms. The first-order valence-electron chi connectivity index (χ1n) is 11.6. The Kier molecular flexibility index (Phi) is 6.83. The third-order valence-corrected chi connectivity index (χ3v) is 7.94. The molecule has 0 amide bonds. The second kappa shape index (κ2) is 9.09. The van der Waals surface area contributed by atoms with E-state index in [0.717, 1.165) is 24.2 Å². The van der Waals surface area contributed by atoms with Crippen molar-refractivity contribution < 1.29 is 4.84 Å². The van der Waals surface area contributed by atoms with Gasteiger partial charge in [0.1, 0.15) is 6.67 Å². The zero-order chi connectivity index (χ0) is 23.5. The van der Waals surface area contributed by atoms with Gasteiger partial charge in [0.15, 0.2) is 5.76 Å². The van der Waals surface area contributed by atoms with Crippen LogP contribution in [0.25, 0.3) is 5.76 Å². The molecule has 0 spiro atoms. The van der Waals surface area contributed by atoms with Crippen LogP contribution in [0.15, 0.2) is 64.9 Å². The summed E-state index contributed by atoms with van der Waals surface area (Å²) < 4.78 is 0. The highest BCUT2D eigenvalue weighted by Crippen LogP contribution is 2.43. The molecule has 0 aliphatic carbocycles.